The number of aromatic nitrogens is 4. The topological polar surface area (TPSA) is 105 Å². The molecule has 0 atom stereocenters. The van der Waals surface area contributed by atoms with E-state index < -0.39 is 0 Å². The Hall–Kier alpha value is -3.17. The van der Waals surface area contributed by atoms with Crippen molar-refractivity contribution in [3.63, 3.8) is 0 Å². The van der Waals surface area contributed by atoms with Crippen LogP contribution in [-0.2, 0) is 6.54 Å². The van der Waals surface area contributed by atoms with E-state index in [1.165, 1.54) is 0 Å². The number of nitrogens with two attached hydrogens (primary N) is 1. The molecule has 1 aromatic carbocycles. The number of methoxy groups -OCH3 is 1. The van der Waals surface area contributed by atoms with E-state index >= 15 is 0 Å². The molecule has 1 aliphatic heterocycles. The number of benzene rings is 1. The van der Waals surface area contributed by atoms with Crippen LogP contribution in [0.1, 0.15) is 5.82 Å². The van der Waals surface area contributed by atoms with Gasteiger partial charge in [0, 0.05) is 37.4 Å². The molecule has 0 spiro atoms. The summed E-state index contributed by atoms with van der Waals surface area (Å²) in [7, 11) is 1.59. The van der Waals surface area contributed by atoms with Crippen molar-refractivity contribution >= 4 is 35.0 Å². The normalized spacial score (nSPS) is 14.5. The smallest absolute Gasteiger partial charge is 0.232 e. The first kappa shape index (κ1) is 20.1. The third kappa shape index (κ3) is 4.87. The second kappa shape index (κ2) is 9.10. The lowest BCUT2D eigenvalue weighted by Gasteiger charge is -2.34. The summed E-state index contributed by atoms with van der Waals surface area (Å²) in [6.45, 7) is 4.13. The fraction of sp³-hybridized carbons (Fsp3) is 0.300. The molecule has 0 unspecified atom stereocenters. The Kier molecular flexibility index (Phi) is 6.10. The highest BCUT2D eigenvalue weighted by Gasteiger charge is 2.19. The quantitative estimate of drug-likeness (QED) is 0.615. The predicted octanol–water partition coefficient (Wildman–Crippen LogP) is 2.58. The van der Waals surface area contributed by atoms with E-state index in [0.717, 1.165) is 32.0 Å². The summed E-state index contributed by atoms with van der Waals surface area (Å²) in [5.74, 6) is 2.76. The van der Waals surface area contributed by atoms with Gasteiger partial charge in [0.1, 0.15) is 17.4 Å². The molecule has 3 aromatic rings. The molecule has 0 saturated carbocycles. The van der Waals surface area contributed by atoms with Crippen LogP contribution >= 0.6 is 11.6 Å². The molecule has 156 valence electrons. The second-order valence-electron chi connectivity index (χ2n) is 6.85. The van der Waals surface area contributed by atoms with Crippen LogP contribution in [0.5, 0.6) is 5.75 Å². The Labute approximate surface area is 179 Å². The zero-order valence-corrected chi connectivity index (χ0v) is 17.4. The molecule has 10 heteroatoms. The summed E-state index contributed by atoms with van der Waals surface area (Å²) >= 11 is 6.10. The third-order valence-electron chi connectivity index (χ3n) is 4.82. The highest BCUT2D eigenvalue weighted by atomic mass is 35.5. The van der Waals surface area contributed by atoms with Crippen molar-refractivity contribution in [2.75, 3.05) is 49.2 Å². The highest BCUT2D eigenvalue weighted by Crippen LogP contribution is 2.29. The average Bonchev–Trinajstić information content (AvgIpc) is 2.75. The molecule has 0 aliphatic carbocycles. The SMILES string of the molecule is COc1ccc(Cl)cc1Nc1nc(N)nc(CN2CCN(c3ccccn3)CC2)n1. The molecule has 2 aromatic heterocycles. The minimum Gasteiger partial charge on any atom is -0.495 e. The number of hydrogen-bond donors (Lipinski definition) is 2. The molecule has 30 heavy (non-hydrogen) atoms. The summed E-state index contributed by atoms with van der Waals surface area (Å²) in [6, 6.07) is 11.2. The largest absolute Gasteiger partial charge is 0.495 e. The van der Waals surface area contributed by atoms with Crippen LogP contribution in [0.15, 0.2) is 42.6 Å². The number of nitrogen functional groups attached to an aromatic ring is 1. The van der Waals surface area contributed by atoms with Crippen LogP contribution in [0.4, 0.5) is 23.4 Å². The van der Waals surface area contributed by atoms with Gasteiger partial charge in [-0.1, -0.05) is 17.7 Å². The molecule has 1 fully saturated rings. The van der Waals surface area contributed by atoms with E-state index in [1.54, 1.807) is 25.3 Å². The van der Waals surface area contributed by atoms with E-state index in [2.05, 4.69) is 35.1 Å². The number of hydrogen-bond acceptors (Lipinski definition) is 9. The number of anilines is 4. The zero-order valence-electron chi connectivity index (χ0n) is 16.6. The molecule has 3 N–H and O–H groups in total. The van der Waals surface area contributed by atoms with Gasteiger partial charge in [0.2, 0.25) is 11.9 Å². The molecule has 9 nitrogen and oxygen atoms in total. The van der Waals surface area contributed by atoms with Gasteiger partial charge in [0.15, 0.2) is 0 Å². The lowest BCUT2D eigenvalue weighted by Crippen LogP contribution is -2.46. The van der Waals surface area contributed by atoms with Crippen LogP contribution in [0, 0.1) is 0 Å². The fourth-order valence-electron chi connectivity index (χ4n) is 3.34. The van der Waals surface area contributed by atoms with Crippen molar-refractivity contribution in [3.8, 4) is 5.75 Å². The molecule has 1 saturated heterocycles. The molecule has 3 heterocycles. The van der Waals surface area contributed by atoms with Crippen molar-refractivity contribution in [1.82, 2.24) is 24.8 Å². The number of ether oxygens (including phenoxy) is 1. The Morgan fingerprint density at radius 3 is 2.67 bits per heavy atom. The predicted molar refractivity (Wildman–Crippen MR) is 117 cm³/mol. The van der Waals surface area contributed by atoms with Gasteiger partial charge >= 0.3 is 0 Å². The fourth-order valence-corrected chi connectivity index (χ4v) is 3.51. The van der Waals surface area contributed by atoms with Crippen LogP contribution < -0.4 is 20.7 Å². The maximum Gasteiger partial charge on any atom is 0.232 e. The second-order valence-corrected chi connectivity index (χ2v) is 7.29. The summed E-state index contributed by atoms with van der Waals surface area (Å²) in [6.07, 6.45) is 1.82. The van der Waals surface area contributed by atoms with Gasteiger partial charge < -0.3 is 20.7 Å². The van der Waals surface area contributed by atoms with Crippen molar-refractivity contribution in [3.05, 3.63) is 53.4 Å². The van der Waals surface area contributed by atoms with Crippen LogP contribution in [-0.4, -0.2) is 58.1 Å². The molecule has 1 aliphatic rings. The standard InChI is InChI=1S/C20H23ClN8O/c1-30-16-6-5-14(21)12-15(16)24-20-26-17(25-19(22)27-20)13-28-8-10-29(11-9-28)18-4-2-3-7-23-18/h2-7,12H,8-11,13H2,1H3,(H3,22,24,25,26,27). The van der Waals surface area contributed by atoms with Gasteiger partial charge in [-0.25, -0.2) is 4.98 Å². The maximum absolute atomic E-state index is 6.10. The summed E-state index contributed by atoms with van der Waals surface area (Å²) < 4.78 is 5.36. The van der Waals surface area contributed by atoms with Gasteiger partial charge in [0.05, 0.1) is 19.3 Å². The first-order valence-electron chi connectivity index (χ1n) is 9.60. The van der Waals surface area contributed by atoms with Crippen LogP contribution in [0.25, 0.3) is 0 Å². The van der Waals surface area contributed by atoms with E-state index in [4.69, 9.17) is 22.1 Å². The van der Waals surface area contributed by atoms with E-state index in [0.29, 0.717) is 34.8 Å². The van der Waals surface area contributed by atoms with Gasteiger partial charge in [-0.15, -0.1) is 0 Å². The van der Waals surface area contributed by atoms with Crippen molar-refractivity contribution < 1.29 is 4.74 Å². The number of nitrogens with one attached hydrogen (secondary N) is 1. The lowest BCUT2D eigenvalue weighted by atomic mass is 10.3. The summed E-state index contributed by atoms with van der Waals surface area (Å²) in [4.78, 5) is 22.0. The van der Waals surface area contributed by atoms with Crippen LogP contribution in [0.2, 0.25) is 5.02 Å². The number of rotatable bonds is 6. The number of nitrogens with zero attached hydrogens (tertiary/aromatic N) is 6. The Morgan fingerprint density at radius 2 is 1.93 bits per heavy atom. The first-order valence-corrected chi connectivity index (χ1v) is 9.98. The van der Waals surface area contributed by atoms with Crippen molar-refractivity contribution in [2.24, 2.45) is 0 Å². The van der Waals surface area contributed by atoms with Gasteiger partial charge in [0.25, 0.3) is 0 Å². The van der Waals surface area contributed by atoms with Crippen molar-refractivity contribution in [1.29, 1.82) is 0 Å². The highest BCUT2D eigenvalue weighted by molar-refractivity contribution is 6.31. The number of halogens is 1. The molecular formula is C20H23ClN8O. The minimum absolute atomic E-state index is 0.163. The van der Waals surface area contributed by atoms with Gasteiger partial charge in [-0.2, -0.15) is 15.0 Å². The van der Waals surface area contributed by atoms with Gasteiger partial charge in [-0.3, -0.25) is 4.90 Å². The molecule has 0 amide bonds. The Morgan fingerprint density at radius 1 is 1.10 bits per heavy atom. The van der Waals surface area contributed by atoms with Gasteiger partial charge in [-0.05, 0) is 30.3 Å². The van der Waals surface area contributed by atoms with E-state index in [9.17, 15) is 0 Å². The molecule has 0 bridgehead atoms. The first-order chi connectivity index (χ1) is 14.6. The Bertz CT molecular complexity index is 995. The maximum atomic E-state index is 6.10. The van der Waals surface area contributed by atoms with E-state index in [1.807, 2.05) is 24.4 Å². The molecular weight excluding hydrogens is 404 g/mol. The third-order valence-corrected chi connectivity index (χ3v) is 5.05. The van der Waals surface area contributed by atoms with Crippen molar-refractivity contribution in [2.45, 2.75) is 6.54 Å². The zero-order chi connectivity index (χ0) is 20.9. The number of piperazine rings is 1. The Balaban J connectivity index is 1.42. The van der Waals surface area contributed by atoms with E-state index in [-0.39, 0.29) is 5.95 Å². The number of pyridine rings is 1. The average molecular weight is 427 g/mol. The molecule has 4 rings (SSSR count). The summed E-state index contributed by atoms with van der Waals surface area (Å²) in [5, 5.41) is 3.70. The lowest BCUT2D eigenvalue weighted by molar-refractivity contribution is 0.243. The minimum atomic E-state index is 0.163. The monoisotopic (exact) mass is 426 g/mol. The molecule has 0 radical (unpaired) electrons. The van der Waals surface area contributed by atoms with Crippen LogP contribution in [0.3, 0.4) is 0 Å². The summed E-state index contributed by atoms with van der Waals surface area (Å²) in [5.41, 5.74) is 6.58.